The Morgan fingerprint density at radius 1 is 1.11 bits per heavy atom. The van der Waals surface area contributed by atoms with E-state index < -0.39 is 28.6 Å². The number of nitrogens with one attached hydrogen (secondary N) is 1. The van der Waals surface area contributed by atoms with Crippen molar-refractivity contribution in [3.8, 4) is 0 Å². The van der Waals surface area contributed by atoms with Gasteiger partial charge in [0.25, 0.3) is 11.6 Å². The number of ether oxygens (including phenoxy) is 1. The number of nitrogens with zero attached hydrogens (tertiary/aromatic N) is 1. The number of amides is 1. The van der Waals surface area contributed by atoms with Crippen molar-refractivity contribution in [3.05, 3.63) is 76.3 Å². The molecule has 3 aromatic rings. The van der Waals surface area contributed by atoms with Crippen LogP contribution in [0.3, 0.4) is 0 Å². The van der Waals surface area contributed by atoms with Crippen LogP contribution in [0.1, 0.15) is 17.3 Å². The number of fused-ring (bicyclic) bond motifs is 1. The number of nitro groups is 1. The third-order valence-corrected chi connectivity index (χ3v) is 4.16. The molecule has 3 N–H and O–H groups in total. The fraction of sp³-hybridized carbons (Fsp3) is 0.100. The Labute approximate surface area is 160 Å². The lowest BCUT2D eigenvalue weighted by Crippen LogP contribution is -2.30. The van der Waals surface area contributed by atoms with Crippen LogP contribution in [-0.2, 0) is 9.53 Å². The van der Waals surface area contributed by atoms with Crippen molar-refractivity contribution in [2.24, 2.45) is 0 Å². The van der Waals surface area contributed by atoms with Crippen LogP contribution < -0.4 is 11.1 Å². The highest BCUT2D eigenvalue weighted by atomic mass is 16.6. The molecule has 0 bridgehead atoms. The van der Waals surface area contributed by atoms with Crippen LogP contribution in [0, 0.1) is 10.1 Å². The van der Waals surface area contributed by atoms with Gasteiger partial charge in [0.05, 0.1) is 10.5 Å². The van der Waals surface area contributed by atoms with Crippen molar-refractivity contribution < 1.29 is 19.2 Å². The van der Waals surface area contributed by atoms with E-state index in [0.717, 1.165) is 16.8 Å². The van der Waals surface area contributed by atoms with E-state index in [9.17, 15) is 19.7 Å². The molecule has 0 aromatic heterocycles. The molecule has 0 radical (unpaired) electrons. The van der Waals surface area contributed by atoms with Crippen molar-refractivity contribution in [1.82, 2.24) is 0 Å². The Morgan fingerprint density at radius 2 is 1.82 bits per heavy atom. The lowest BCUT2D eigenvalue weighted by molar-refractivity contribution is -0.383. The number of nitro benzene ring substituents is 1. The van der Waals surface area contributed by atoms with Gasteiger partial charge in [-0.05, 0) is 30.5 Å². The molecule has 28 heavy (non-hydrogen) atoms. The van der Waals surface area contributed by atoms with Crippen LogP contribution in [0.15, 0.2) is 60.7 Å². The molecule has 8 heteroatoms. The van der Waals surface area contributed by atoms with E-state index in [0.29, 0.717) is 5.69 Å². The Kier molecular flexibility index (Phi) is 5.21. The number of nitrogen functional groups attached to an aromatic ring is 1. The first-order valence-corrected chi connectivity index (χ1v) is 8.40. The van der Waals surface area contributed by atoms with Gasteiger partial charge < -0.3 is 15.8 Å². The number of hydrogen-bond acceptors (Lipinski definition) is 6. The number of carbonyl (C=O) groups is 2. The maximum absolute atomic E-state index is 12.4. The first-order chi connectivity index (χ1) is 13.4. The molecule has 0 fully saturated rings. The molecule has 0 heterocycles. The van der Waals surface area contributed by atoms with Gasteiger partial charge in [-0.3, -0.25) is 14.9 Å². The van der Waals surface area contributed by atoms with Crippen molar-refractivity contribution in [2.45, 2.75) is 13.0 Å². The lowest BCUT2D eigenvalue weighted by atomic mass is 10.1. The summed E-state index contributed by atoms with van der Waals surface area (Å²) in [6, 6.07) is 16.6. The summed E-state index contributed by atoms with van der Waals surface area (Å²) in [6.45, 7) is 1.42. The molecule has 0 aliphatic carbocycles. The molecule has 3 aromatic carbocycles. The minimum Gasteiger partial charge on any atom is -0.449 e. The van der Waals surface area contributed by atoms with Crippen LogP contribution in [0.25, 0.3) is 10.8 Å². The average Bonchev–Trinajstić information content (AvgIpc) is 2.68. The molecule has 8 nitrogen and oxygen atoms in total. The summed E-state index contributed by atoms with van der Waals surface area (Å²) in [7, 11) is 0. The fourth-order valence-corrected chi connectivity index (χ4v) is 2.68. The zero-order chi connectivity index (χ0) is 20.3. The van der Waals surface area contributed by atoms with Crippen LogP contribution in [-0.4, -0.2) is 22.9 Å². The van der Waals surface area contributed by atoms with Crippen molar-refractivity contribution in [1.29, 1.82) is 0 Å². The summed E-state index contributed by atoms with van der Waals surface area (Å²) >= 11 is 0. The van der Waals surface area contributed by atoms with Gasteiger partial charge in [-0.1, -0.05) is 36.4 Å². The number of nitrogens with two attached hydrogens (primary N) is 1. The van der Waals surface area contributed by atoms with Gasteiger partial charge in [0.1, 0.15) is 5.69 Å². The molecule has 0 spiro atoms. The normalized spacial score (nSPS) is 11.6. The van der Waals surface area contributed by atoms with Crippen LogP contribution >= 0.6 is 0 Å². The van der Waals surface area contributed by atoms with Crippen molar-refractivity contribution >= 4 is 39.7 Å². The summed E-state index contributed by atoms with van der Waals surface area (Å²) < 4.78 is 5.14. The van der Waals surface area contributed by atoms with Gasteiger partial charge in [-0.25, -0.2) is 4.79 Å². The number of esters is 1. The summed E-state index contributed by atoms with van der Waals surface area (Å²) in [6.07, 6.45) is -1.11. The predicted molar refractivity (Wildman–Crippen MR) is 105 cm³/mol. The first kappa shape index (κ1) is 18.8. The largest absolute Gasteiger partial charge is 0.449 e. The molecular formula is C20H17N3O5. The monoisotopic (exact) mass is 379 g/mol. The van der Waals surface area contributed by atoms with E-state index in [1.807, 2.05) is 36.4 Å². The van der Waals surface area contributed by atoms with Gasteiger partial charge in [0, 0.05) is 17.1 Å². The molecular weight excluding hydrogens is 362 g/mol. The van der Waals surface area contributed by atoms with Crippen molar-refractivity contribution in [2.75, 3.05) is 11.1 Å². The predicted octanol–water partition coefficient (Wildman–Crippen LogP) is 3.51. The molecule has 1 atom stereocenters. The second-order valence-corrected chi connectivity index (χ2v) is 6.09. The van der Waals surface area contributed by atoms with Gasteiger partial charge in [-0.2, -0.15) is 0 Å². The standard InChI is InChI=1S/C20H17N3O5/c1-12(28-20(25)14-9-10-16(21)18(11-14)23(26)27)19(24)22-17-8-4-6-13-5-2-3-7-15(13)17/h2-12H,21H2,1H3,(H,22,24)/t12-/m1/s1. The summed E-state index contributed by atoms with van der Waals surface area (Å²) in [5.74, 6) is -1.38. The molecule has 3 rings (SSSR count). The Hall–Kier alpha value is -3.94. The van der Waals surface area contributed by atoms with E-state index in [1.54, 1.807) is 6.07 Å². The minimum atomic E-state index is -1.11. The van der Waals surface area contributed by atoms with Crippen LogP contribution in [0.5, 0.6) is 0 Å². The van der Waals surface area contributed by atoms with Crippen LogP contribution in [0.2, 0.25) is 0 Å². The summed E-state index contributed by atoms with van der Waals surface area (Å²) in [5, 5.41) is 15.5. The Morgan fingerprint density at radius 3 is 2.57 bits per heavy atom. The van der Waals surface area contributed by atoms with Gasteiger partial charge in [0.2, 0.25) is 0 Å². The van der Waals surface area contributed by atoms with E-state index >= 15 is 0 Å². The first-order valence-electron chi connectivity index (χ1n) is 8.40. The van der Waals surface area contributed by atoms with E-state index in [2.05, 4.69) is 5.32 Å². The second kappa shape index (κ2) is 7.75. The molecule has 0 aliphatic rings. The maximum Gasteiger partial charge on any atom is 0.339 e. The average molecular weight is 379 g/mol. The number of hydrogen-bond donors (Lipinski definition) is 2. The highest BCUT2D eigenvalue weighted by molar-refractivity contribution is 6.04. The second-order valence-electron chi connectivity index (χ2n) is 6.09. The third kappa shape index (κ3) is 3.90. The maximum atomic E-state index is 12.4. The van der Waals surface area contributed by atoms with Gasteiger partial charge in [0.15, 0.2) is 6.10 Å². The zero-order valence-corrected chi connectivity index (χ0v) is 14.9. The van der Waals surface area contributed by atoms with E-state index in [-0.39, 0.29) is 11.3 Å². The summed E-state index contributed by atoms with van der Waals surface area (Å²) in [5.41, 5.74) is 5.57. The number of rotatable bonds is 5. The number of carbonyl (C=O) groups excluding carboxylic acids is 2. The number of anilines is 2. The molecule has 1 amide bonds. The molecule has 0 saturated heterocycles. The molecule has 0 aliphatic heterocycles. The highest BCUT2D eigenvalue weighted by Gasteiger charge is 2.22. The Balaban J connectivity index is 1.73. The molecule has 0 unspecified atom stereocenters. The summed E-state index contributed by atoms with van der Waals surface area (Å²) in [4.78, 5) is 34.9. The SMILES string of the molecule is C[C@@H](OC(=O)c1ccc(N)c([N+](=O)[O-])c1)C(=O)Nc1cccc2ccccc12. The lowest BCUT2D eigenvalue weighted by Gasteiger charge is -2.15. The fourth-order valence-electron chi connectivity index (χ4n) is 2.68. The topological polar surface area (TPSA) is 125 Å². The third-order valence-electron chi connectivity index (χ3n) is 4.16. The number of benzene rings is 3. The van der Waals surface area contributed by atoms with Gasteiger partial charge >= 0.3 is 5.97 Å². The molecule has 142 valence electrons. The van der Waals surface area contributed by atoms with Crippen LogP contribution in [0.4, 0.5) is 17.1 Å². The Bertz CT molecular complexity index is 1080. The highest BCUT2D eigenvalue weighted by Crippen LogP contribution is 2.24. The molecule has 0 saturated carbocycles. The quantitative estimate of drug-likeness (QED) is 0.302. The van der Waals surface area contributed by atoms with E-state index in [4.69, 9.17) is 10.5 Å². The zero-order valence-electron chi connectivity index (χ0n) is 14.9. The smallest absolute Gasteiger partial charge is 0.339 e. The van der Waals surface area contributed by atoms with Crippen molar-refractivity contribution in [3.63, 3.8) is 0 Å². The minimum absolute atomic E-state index is 0.0642. The van der Waals surface area contributed by atoms with E-state index in [1.165, 1.54) is 19.1 Å². The van der Waals surface area contributed by atoms with Gasteiger partial charge in [-0.15, -0.1) is 0 Å².